The molecule has 0 N–H and O–H groups in total. The third kappa shape index (κ3) is 3.49. The normalized spacial score (nSPS) is 16.1. The minimum atomic E-state index is -4.47. The van der Waals surface area contributed by atoms with E-state index in [0.29, 0.717) is 23.2 Å². The molecule has 1 aliphatic heterocycles. The van der Waals surface area contributed by atoms with Crippen LogP contribution in [0.2, 0.25) is 0 Å². The van der Waals surface area contributed by atoms with E-state index in [2.05, 4.69) is 31.0 Å². The highest BCUT2D eigenvalue weighted by Gasteiger charge is 2.33. The fourth-order valence-corrected chi connectivity index (χ4v) is 3.87. The predicted octanol–water partition coefficient (Wildman–Crippen LogP) is 4.53. The highest BCUT2D eigenvalue weighted by molar-refractivity contribution is 9.10. The highest BCUT2D eigenvalue weighted by atomic mass is 79.9. The van der Waals surface area contributed by atoms with Crippen molar-refractivity contribution in [3.05, 3.63) is 45.7 Å². The molecular formula is C16H15BrF3N5. The van der Waals surface area contributed by atoms with E-state index in [1.807, 2.05) is 16.5 Å². The van der Waals surface area contributed by atoms with Crippen molar-refractivity contribution in [3.8, 4) is 0 Å². The second-order valence-corrected chi connectivity index (χ2v) is 6.85. The Morgan fingerprint density at radius 2 is 1.96 bits per heavy atom. The number of piperidine rings is 1. The van der Waals surface area contributed by atoms with Gasteiger partial charge in [0.15, 0.2) is 0 Å². The molecule has 0 unspecified atom stereocenters. The van der Waals surface area contributed by atoms with Crippen LogP contribution in [-0.2, 0) is 13.2 Å². The second kappa shape index (κ2) is 6.67. The van der Waals surface area contributed by atoms with Crippen LogP contribution < -0.4 is 4.90 Å². The Morgan fingerprint density at radius 3 is 2.48 bits per heavy atom. The van der Waals surface area contributed by atoms with Crippen molar-refractivity contribution >= 4 is 27.3 Å². The lowest BCUT2D eigenvalue weighted by Crippen LogP contribution is -2.34. The van der Waals surface area contributed by atoms with Crippen LogP contribution in [0.5, 0.6) is 0 Å². The van der Waals surface area contributed by atoms with Gasteiger partial charge in [-0.15, -0.1) is 10.2 Å². The Labute approximate surface area is 151 Å². The lowest BCUT2D eigenvalue weighted by molar-refractivity contribution is -0.137. The van der Waals surface area contributed by atoms with Gasteiger partial charge in [-0.1, -0.05) is 15.9 Å². The van der Waals surface area contributed by atoms with E-state index in [-0.39, 0.29) is 11.6 Å². The number of hydrogen-bond donors (Lipinski definition) is 0. The van der Waals surface area contributed by atoms with Crippen LogP contribution >= 0.6 is 15.9 Å². The maximum absolute atomic E-state index is 13.0. The van der Waals surface area contributed by atoms with E-state index >= 15 is 0 Å². The minimum absolute atomic E-state index is 0.0128. The zero-order valence-corrected chi connectivity index (χ0v) is 15.0. The van der Waals surface area contributed by atoms with Crippen LogP contribution in [-0.4, -0.2) is 27.9 Å². The molecule has 1 aliphatic rings. The summed E-state index contributed by atoms with van der Waals surface area (Å²) in [7, 11) is 1.89. The summed E-state index contributed by atoms with van der Waals surface area (Å²) >= 11 is 3.22. The van der Waals surface area contributed by atoms with Crippen LogP contribution in [0.25, 0.3) is 4.85 Å². The molecular weight excluding hydrogens is 399 g/mol. The molecule has 1 aromatic carbocycles. The molecule has 3 rings (SSSR count). The molecule has 0 saturated carbocycles. The molecule has 0 atom stereocenters. The van der Waals surface area contributed by atoms with Crippen LogP contribution in [0.1, 0.15) is 30.1 Å². The Bertz CT molecular complexity index is 816. The number of benzene rings is 1. The molecule has 1 aromatic heterocycles. The van der Waals surface area contributed by atoms with Crippen molar-refractivity contribution in [2.75, 3.05) is 18.0 Å². The SMILES string of the molecule is [C-]#[N+]c1cc(C(F)(F)F)cc(Br)c1N1CCC(c2nncn2C)CC1. The molecule has 0 radical (unpaired) electrons. The van der Waals surface area contributed by atoms with Gasteiger partial charge < -0.3 is 9.47 Å². The molecule has 0 aliphatic carbocycles. The molecule has 9 heteroatoms. The molecule has 1 fully saturated rings. The van der Waals surface area contributed by atoms with Crippen LogP contribution in [0.3, 0.4) is 0 Å². The first-order chi connectivity index (χ1) is 11.8. The third-order valence-electron chi connectivity index (χ3n) is 4.41. The van der Waals surface area contributed by atoms with Gasteiger partial charge in [-0.2, -0.15) is 13.2 Å². The van der Waals surface area contributed by atoms with E-state index in [9.17, 15) is 13.2 Å². The van der Waals surface area contributed by atoms with Crippen LogP contribution in [0, 0.1) is 6.57 Å². The second-order valence-electron chi connectivity index (χ2n) is 6.00. The molecule has 0 amide bonds. The molecule has 132 valence electrons. The number of halogens is 4. The summed E-state index contributed by atoms with van der Waals surface area (Å²) < 4.78 is 41.0. The molecule has 25 heavy (non-hydrogen) atoms. The number of aryl methyl sites for hydroxylation is 1. The topological polar surface area (TPSA) is 38.3 Å². The van der Waals surface area contributed by atoms with Gasteiger partial charge in [0, 0.05) is 36.1 Å². The molecule has 2 heterocycles. The summed E-state index contributed by atoms with van der Waals surface area (Å²) in [6.45, 7) is 8.56. The maximum atomic E-state index is 13.0. The summed E-state index contributed by atoms with van der Waals surface area (Å²) in [6.07, 6.45) is -1.21. The van der Waals surface area contributed by atoms with Gasteiger partial charge in [-0.05, 0) is 25.0 Å². The number of aromatic nitrogens is 3. The fourth-order valence-electron chi connectivity index (χ4n) is 3.17. The zero-order valence-electron chi connectivity index (χ0n) is 13.4. The molecule has 5 nitrogen and oxygen atoms in total. The smallest absolute Gasteiger partial charge is 0.379 e. The largest absolute Gasteiger partial charge is 0.415 e. The Balaban J connectivity index is 1.84. The molecule has 1 saturated heterocycles. The van der Waals surface area contributed by atoms with Gasteiger partial charge >= 0.3 is 6.18 Å². The van der Waals surface area contributed by atoms with Gasteiger partial charge in [0.1, 0.15) is 12.2 Å². The van der Waals surface area contributed by atoms with E-state index < -0.39 is 11.7 Å². The van der Waals surface area contributed by atoms with Gasteiger partial charge in [0.25, 0.3) is 0 Å². The number of rotatable bonds is 2. The van der Waals surface area contributed by atoms with Gasteiger partial charge in [-0.25, -0.2) is 4.85 Å². The zero-order chi connectivity index (χ0) is 18.2. The first-order valence-corrected chi connectivity index (χ1v) is 8.47. The van der Waals surface area contributed by atoms with Crippen molar-refractivity contribution < 1.29 is 13.2 Å². The first-order valence-electron chi connectivity index (χ1n) is 7.68. The van der Waals surface area contributed by atoms with Crippen molar-refractivity contribution in [3.63, 3.8) is 0 Å². The third-order valence-corrected chi connectivity index (χ3v) is 5.02. The van der Waals surface area contributed by atoms with Gasteiger partial charge in [0.05, 0.1) is 12.3 Å². The Morgan fingerprint density at radius 1 is 1.28 bits per heavy atom. The van der Waals surface area contributed by atoms with Crippen molar-refractivity contribution in [1.82, 2.24) is 14.8 Å². The lowest BCUT2D eigenvalue weighted by atomic mass is 9.95. The summed E-state index contributed by atoms with van der Waals surface area (Å²) in [5.74, 6) is 1.17. The quantitative estimate of drug-likeness (QED) is 0.678. The van der Waals surface area contributed by atoms with E-state index in [4.69, 9.17) is 6.57 Å². The van der Waals surface area contributed by atoms with E-state index in [1.165, 1.54) is 0 Å². The van der Waals surface area contributed by atoms with Crippen molar-refractivity contribution in [1.29, 1.82) is 0 Å². The number of hydrogen-bond acceptors (Lipinski definition) is 3. The maximum Gasteiger partial charge on any atom is 0.415 e. The van der Waals surface area contributed by atoms with Gasteiger partial charge in [0.2, 0.25) is 5.69 Å². The predicted molar refractivity (Wildman–Crippen MR) is 90.6 cm³/mol. The molecule has 0 spiro atoms. The van der Waals surface area contributed by atoms with E-state index in [1.54, 1.807) is 6.33 Å². The summed E-state index contributed by atoms with van der Waals surface area (Å²) in [5.41, 5.74) is -0.277. The van der Waals surface area contributed by atoms with Crippen LogP contribution in [0.4, 0.5) is 24.5 Å². The molecule has 0 bridgehead atoms. The minimum Gasteiger partial charge on any atom is -0.379 e. The Kier molecular flexibility index (Phi) is 4.73. The number of alkyl halides is 3. The highest BCUT2D eigenvalue weighted by Crippen LogP contribution is 2.43. The summed E-state index contributed by atoms with van der Waals surface area (Å²) in [4.78, 5) is 5.28. The summed E-state index contributed by atoms with van der Waals surface area (Å²) in [6, 6.07) is 1.96. The van der Waals surface area contributed by atoms with E-state index in [0.717, 1.165) is 30.8 Å². The number of anilines is 1. The average Bonchev–Trinajstić information content (AvgIpc) is 2.99. The molecule has 2 aromatic rings. The summed E-state index contributed by atoms with van der Waals surface area (Å²) in [5, 5.41) is 8.03. The van der Waals surface area contributed by atoms with Crippen molar-refractivity contribution in [2.45, 2.75) is 24.9 Å². The lowest BCUT2D eigenvalue weighted by Gasteiger charge is -2.34. The first kappa shape index (κ1) is 17.7. The van der Waals surface area contributed by atoms with Crippen molar-refractivity contribution in [2.24, 2.45) is 7.05 Å². The van der Waals surface area contributed by atoms with Gasteiger partial charge in [-0.3, -0.25) is 0 Å². The Hall–Kier alpha value is -2.08. The average molecular weight is 414 g/mol. The van der Waals surface area contributed by atoms with Crippen LogP contribution in [0.15, 0.2) is 22.9 Å². The monoisotopic (exact) mass is 413 g/mol. The number of nitrogens with zero attached hydrogens (tertiary/aromatic N) is 5. The fraction of sp³-hybridized carbons (Fsp3) is 0.438. The standard InChI is InChI=1S/C16H15BrF3N5/c1-21-13-8-11(16(18,19)20)7-12(17)14(13)25-5-3-10(4-6-25)15-23-22-9-24(15)2/h7-10H,3-6H2,2H3.